The van der Waals surface area contributed by atoms with E-state index in [1.807, 2.05) is 0 Å². The first-order chi connectivity index (χ1) is 17.4. The van der Waals surface area contributed by atoms with Crippen LogP contribution in [0.25, 0.3) is 0 Å². The predicted octanol–water partition coefficient (Wildman–Crippen LogP) is 3.76. The number of carbonyl (C=O) groups is 4. The van der Waals surface area contributed by atoms with Gasteiger partial charge in [-0.05, 0) is 29.8 Å². The van der Waals surface area contributed by atoms with Crippen LogP contribution in [0, 0.1) is 11.8 Å². The Kier molecular flexibility index (Phi) is 4.29. The molecular weight excluding hydrogens is 486 g/mol. The predicted molar refractivity (Wildman–Crippen MR) is 125 cm³/mol. The van der Waals surface area contributed by atoms with Gasteiger partial charge in [0.25, 0.3) is 0 Å². The summed E-state index contributed by atoms with van der Waals surface area (Å²) in [4.78, 5) is 56.4. The maximum atomic E-state index is 14.0. The van der Waals surface area contributed by atoms with E-state index in [2.05, 4.69) is 0 Å². The lowest BCUT2D eigenvalue weighted by Gasteiger charge is -2.27. The van der Waals surface area contributed by atoms with Crippen molar-refractivity contribution >= 4 is 40.7 Å². The SMILES string of the molecule is O=C1[C@@H]2[C@@H](c3ccc(Cl)cc3)OC3(C(=O)c4ccccc4C3=O)[C@H]2C(=O)N1c1ccc2c(c1)OCO2. The molecule has 3 aliphatic heterocycles. The summed E-state index contributed by atoms with van der Waals surface area (Å²) in [6.07, 6.45) is -1.01. The number of rotatable bonds is 2. The molecule has 3 heterocycles. The number of fused-ring (bicyclic) bond motifs is 4. The van der Waals surface area contributed by atoms with Gasteiger partial charge in [0.05, 0.1) is 23.6 Å². The van der Waals surface area contributed by atoms with Crippen molar-refractivity contribution in [3.63, 3.8) is 0 Å². The van der Waals surface area contributed by atoms with Gasteiger partial charge in [0.15, 0.2) is 11.5 Å². The van der Waals surface area contributed by atoms with Crippen LogP contribution in [0.4, 0.5) is 5.69 Å². The maximum Gasteiger partial charge on any atom is 0.241 e. The fourth-order valence-corrected chi connectivity index (χ4v) is 5.88. The molecule has 8 nitrogen and oxygen atoms in total. The van der Waals surface area contributed by atoms with Gasteiger partial charge >= 0.3 is 0 Å². The largest absolute Gasteiger partial charge is 0.454 e. The van der Waals surface area contributed by atoms with Crippen LogP contribution in [-0.2, 0) is 14.3 Å². The summed E-state index contributed by atoms with van der Waals surface area (Å²) in [6.45, 7) is 0.0305. The Morgan fingerprint density at radius 3 is 2.17 bits per heavy atom. The lowest BCUT2D eigenvalue weighted by Crippen LogP contribution is -2.51. The number of nitrogens with zero attached hydrogens (tertiary/aromatic N) is 1. The number of carbonyl (C=O) groups excluding carboxylic acids is 4. The minimum Gasteiger partial charge on any atom is -0.454 e. The van der Waals surface area contributed by atoms with Gasteiger partial charge < -0.3 is 14.2 Å². The third-order valence-electron chi connectivity index (χ3n) is 7.33. The molecule has 2 saturated heterocycles. The Balaban J connectivity index is 1.40. The number of benzene rings is 3. The monoisotopic (exact) mass is 501 g/mol. The van der Waals surface area contributed by atoms with E-state index in [9.17, 15) is 19.2 Å². The van der Waals surface area contributed by atoms with Gasteiger partial charge in [-0.2, -0.15) is 0 Å². The van der Waals surface area contributed by atoms with Gasteiger partial charge in [0.2, 0.25) is 35.8 Å². The third-order valence-corrected chi connectivity index (χ3v) is 7.58. The summed E-state index contributed by atoms with van der Waals surface area (Å²) in [6, 6.07) is 17.7. The molecular formula is C27H16ClNO7. The maximum absolute atomic E-state index is 14.0. The smallest absolute Gasteiger partial charge is 0.241 e. The molecule has 4 aliphatic rings. The Morgan fingerprint density at radius 1 is 0.806 bits per heavy atom. The molecule has 1 spiro atoms. The van der Waals surface area contributed by atoms with Crippen LogP contribution >= 0.6 is 11.6 Å². The van der Waals surface area contributed by atoms with E-state index in [-0.39, 0.29) is 23.6 Å². The van der Waals surface area contributed by atoms with Crippen molar-refractivity contribution in [2.45, 2.75) is 11.7 Å². The van der Waals surface area contributed by atoms with Crippen molar-refractivity contribution in [1.29, 1.82) is 0 Å². The minimum atomic E-state index is -2.13. The van der Waals surface area contributed by atoms with Crippen molar-refractivity contribution in [1.82, 2.24) is 0 Å². The van der Waals surface area contributed by atoms with E-state index in [1.165, 1.54) is 18.2 Å². The Bertz CT molecular complexity index is 1480. The van der Waals surface area contributed by atoms with Crippen molar-refractivity contribution in [2.75, 3.05) is 11.7 Å². The number of ketones is 2. The number of imide groups is 1. The number of hydrogen-bond acceptors (Lipinski definition) is 7. The van der Waals surface area contributed by atoms with E-state index in [0.717, 1.165) is 4.90 Å². The summed E-state index contributed by atoms with van der Waals surface area (Å²) in [7, 11) is 0. The second-order valence-corrected chi connectivity index (χ2v) is 9.52. The topological polar surface area (TPSA) is 99.2 Å². The fraction of sp³-hybridized carbons (Fsp3) is 0.185. The van der Waals surface area contributed by atoms with E-state index < -0.39 is 46.9 Å². The second-order valence-electron chi connectivity index (χ2n) is 9.08. The molecule has 2 amide bonds. The molecule has 3 aromatic rings. The number of Topliss-reactive ketones (excluding diaryl/α,β-unsaturated/α-hetero) is 2. The fourth-order valence-electron chi connectivity index (χ4n) is 5.75. The van der Waals surface area contributed by atoms with Crippen LogP contribution in [0.3, 0.4) is 0 Å². The van der Waals surface area contributed by atoms with Crippen LogP contribution in [0.5, 0.6) is 11.5 Å². The highest BCUT2D eigenvalue weighted by atomic mass is 35.5. The number of hydrogen-bond donors (Lipinski definition) is 0. The van der Waals surface area contributed by atoms with Crippen molar-refractivity contribution in [2.24, 2.45) is 11.8 Å². The number of ether oxygens (including phenoxy) is 3. The summed E-state index contributed by atoms with van der Waals surface area (Å²) in [5.74, 6) is -3.98. The van der Waals surface area contributed by atoms with Gasteiger partial charge in [-0.15, -0.1) is 0 Å². The third kappa shape index (κ3) is 2.57. The van der Waals surface area contributed by atoms with Crippen LogP contribution in [-0.4, -0.2) is 35.8 Å². The van der Waals surface area contributed by atoms with Gasteiger partial charge in [0.1, 0.15) is 0 Å². The molecule has 0 unspecified atom stereocenters. The molecule has 0 bridgehead atoms. The second kappa shape index (κ2) is 7.25. The summed E-state index contributed by atoms with van der Waals surface area (Å²) in [5, 5.41) is 0.472. The van der Waals surface area contributed by atoms with Crippen LogP contribution in [0.1, 0.15) is 32.4 Å². The van der Waals surface area contributed by atoms with Crippen molar-refractivity contribution in [3.8, 4) is 11.5 Å². The van der Waals surface area contributed by atoms with Gasteiger partial charge in [-0.25, -0.2) is 4.90 Å². The van der Waals surface area contributed by atoms with E-state index >= 15 is 0 Å². The lowest BCUT2D eigenvalue weighted by atomic mass is 9.77. The van der Waals surface area contributed by atoms with Gasteiger partial charge in [-0.1, -0.05) is 48.0 Å². The highest BCUT2D eigenvalue weighted by Crippen LogP contribution is 2.58. The van der Waals surface area contributed by atoms with Crippen molar-refractivity contribution < 1.29 is 33.4 Å². The number of anilines is 1. The molecule has 1 aliphatic carbocycles. The Morgan fingerprint density at radius 2 is 1.47 bits per heavy atom. The molecule has 0 saturated carbocycles. The average Bonchev–Trinajstić information content (AvgIpc) is 3.61. The zero-order chi connectivity index (χ0) is 24.8. The zero-order valence-corrected chi connectivity index (χ0v) is 19.2. The molecule has 0 radical (unpaired) electrons. The molecule has 2 fully saturated rings. The lowest BCUT2D eigenvalue weighted by molar-refractivity contribution is -0.127. The first-order valence-electron chi connectivity index (χ1n) is 11.3. The van der Waals surface area contributed by atoms with Crippen LogP contribution in [0.2, 0.25) is 5.02 Å². The minimum absolute atomic E-state index is 0.0305. The Labute approximate surface area is 209 Å². The first kappa shape index (κ1) is 21.3. The molecule has 9 heteroatoms. The highest BCUT2D eigenvalue weighted by Gasteiger charge is 2.74. The van der Waals surface area contributed by atoms with Gasteiger partial charge in [0, 0.05) is 22.2 Å². The summed E-state index contributed by atoms with van der Waals surface area (Å²) < 4.78 is 17.0. The number of halogens is 1. The van der Waals surface area contributed by atoms with E-state index in [4.69, 9.17) is 25.8 Å². The standard InChI is InChI=1S/C27H16ClNO7/c28-14-7-5-13(6-8-14)22-20-21(27(36-22)23(30)16-3-1-2-4-17(16)24(27)31)26(33)29(25(20)32)15-9-10-18-19(11-15)35-12-34-18/h1-11,20-22H,12H2/t20-,21+,22+/m0/s1. The normalized spacial score (nSPS) is 25.1. The zero-order valence-electron chi connectivity index (χ0n) is 18.5. The van der Waals surface area contributed by atoms with Crippen molar-refractivity contribution in [3.05, 3.63) is 88.4 Å². The molecule has 178 valence electrons. The molecule has 3 aromatic carbocycles. The average molecular weight is 502 g/mol. The first-order valence-corrected chi connectivity index (χ1v) is 11.7. The molecule has 0 N–H and O–H groups in total. The molecule has 7 rings (SSSR count). The molecule has 36 heavy (non-hydrogen) atoms. The van der Waals surface area contributed by atoms with Crippen LogP contribution < -0.4 is 14.4 Å². The summed E-state index contributed by atoms with van der Waals surface area (Å²) in [5.41, 5.74) is -0.962. The number of amides is 2. The van der Waals surface area contributed by atoms with E-state index in [1.54, 1.807) is 48.5 Å². The quantitative estimate of drug-likeness (QED) is 0.389. The van der Waals surface area contributed by atoms with Crippen LogP contribution in [0.15, 0.2) is 66.7 Å². The molecule has 0 aromatic heterocycles. The summed E-state index contributed by atoms with van der Waals surface area (Å²) >= 11 is 6.06. The van der Waals surface area contributed by atoms with Gasteiger partial charge in [-0.3, -0.25) is 19.2 Å². The Hall–Kier alpha value is -4.01. The van der Waals surface area contributed by atoms with E-state index in [0.29, 0.717) is 22.1 Å². The highest BCUT2D eigenvalue weighted by molar-refractivity contribution is 6.37. The molecule has 3 atom stereocenters.